The summed E-state index contributed by atoms with van der Waals surface area (Å²) in [7, 11) is 0. The van der Waals surface area contributed by atoms with Crippen molar-refractivity contribution in [2.75, 3.05) is 6.54 Å². The van der Waals surface area contributed by atoms with E-state index in [0.717, 1.165) is 57.0 Å². The molecule has 146 valence electrons. The van der Waals surface area contributed by atoms with Crippen LogP contribution in [0.3, 0.4) is 0 Å². The summed E-state index contributed by atoms with van der Waals surface area (Å²) >= 11 is 0. The van der Waals surface area contributed by atoms with E-state index in [2.05, 4.69) is 35.7 Å². The summed E-state index contributed by atoms with van der Waals surface area (Å²) in [5, 5.41) is 23.0. The van der Waals surface area contributed by atoms with E-state index in [9.17, 15) is 4.79 Å². The Morgan fingerprint density at radius 2 is 2.15 bits per heavy atom. The topological polar surface area (TPSA) is 103 Å². The number of fused-ring (bicyclic) bond motifs is 1. The van der Waals surface area contributed by atoms with Crippen molar-refractivity contribution in [3.05, 3.63) is 23.5 Å². The number of hydrogen-bond donors (Lipinski definition) is 2. The van der Waals surface area contributed by atoms with Crippen LogP contribution in [0.5, 0.6) is 0 Å². The van der Waals surface area contributed by atoms with Crippen LogP contribution in [-0.2, 0) is 26.1 Å². The molecule has 0 aromatic carbocycles. The van der Waals surface area contributed by atoms with Gasteiger partial charge in [0, 0.05) is 25.6 Å². The number of nitrogens with zero attached hydrogens (tertiary/aromatic N) is 6. The first-order chi connectivity index (χ1) is 13.3. The smallest absolute Gasteiger partial charge is 0.273 e. The van der Waals surface area contributed by atoms with Crippen molar-refractivity contribution in [1.82, 2.24) is 40.4 Å². The third-order valence-corrected chi connectivity index (χ3v) is 5.48. The van der Waals surface area contributed by atoms with Gasteiger partial charge in [0.05, 0.1) is 12.7 Å². The van der Waals surface area contributed by atoms with Gasteiger partial charge in [0.2, 0.25) is 0 Å². The highest BCUT2D eigenvalue weighted by molar-refractivity contribution is 5.91. The number of aryl methyl sites for hydroxylation is 2. The number of rotatable bonds is 6. The molecule has 9 nitrogen and oxygen atoms in total. The lowest BCUT2D eigenvalue weighted by atomic mass is 10.0. The summed E-state index contributed by atoms with van der Waals surface area (Å²) in [6, 6.07) is 0.545. The Balaban J connectivity index is 1.29. The lowest BCUT2D eigenvalue weighted by molar-refractivity contribution is 0.0944. The Bertz CT molecular complexity index is 761. The summed E-state index contributed by atoms with van der Waals surface area (Å²) < 4.78 is 3.90. The largest absolute Gasteiger partial charge is 0.343 e. The minimum atomic E-state index is -0.219. The number of nitrogens with one attached hydrogen (secondary N) is 2. The van der Waals surface area contributed by atoms with Gasteiger partial charge in [0.1, 0.15) is 5.82 Å². The van der Waals surface area contributed by atoms with Gasteiger partial charge in [0.25, 0.3) is 5.91 Å². The molecule has 1 fully saturated rings. The van der Waals surface area contributed by atoms with Crippen molar-refractivity contribution in [2.45, 2.75) is 77.0 Å². The summed E-state index contributed by atoms with van der Waals surface area (Å²) in [5.41, 5.74) is 0.349. The third-order valence-electron chi connectivity index (χ3n) is 5.48. The second-order valence-electron chi connectivity index (χ2n) is 7.48. The van der Waals surface area contributed by atoms with Gasteiger partial charge in [-0.1, -0.05) is 18.1 Å². The molecule has 0 bridgehead atoms. The van der Waals surface area contributed by atoms with Crippen LogP contribution in [0, 0.1) is 0 Å². The van der Waals surface area contributed by atoms with Gasteiger partial charge in [0.15, 0.2) is 11.5 Å². The summed E-state index contributed by atoms with van der Waals surface area (Å²) in [5.74, 6) is 1.62. The average Bonchev–Trinajstić information content (AvgIpc) is 3.26. The molecule has 0 unspecified atom stereocenters. The monoisotopic (exact) mass is 372 g/mol. The fourth-order valence-electron chi connectivity index (χ4n) is 3.90. The second-order valence-corrected chi connectivity index (χ2v) is 7.48. The van der Waals surface area contributed by atoms with Crippen molar-refractivity contribution in [1.29, 1.82) is 0 Å². The Labute approximate surface area is 158 Å². The molecular formula is C18H28N8O. The first kappa shape index (κ1) is 18.1. The minimum Gasteiger partial charge on any atom is -0.343 e. The second kappa shape index (κ2) is 8.60. The average molecular weight is 372 g/mol. The van der Waals surface area contributed by atoms with Crippen LogP contribution in [0.4, 0.5) is 0 Å². The lowest BCUT2D eigenvalue weighted by Gasteiger charge is -2.23. The molecular weight excluding hydrogens is 344 g/mol. The summed E-state index contributed by atoms with van der Waals surface area (Å²) in [6.45, 7) is 3.17. The minimum absolute atomic E-state index is 0.219. The van der Waals surface area contributed by atoms with E-state index in [0.29, 0.717) is 18.3 Å². The van der Waals surface area contributed by atoms with E-state index in [1.54, 1.807) is 10.9 Å². The molecule has 2 N–H and O–H groups in total. The molecule has 2 aromatic rings. The van der Waals surface area contributed by atoms with Gasteiger partial charge in [-0.05, 0) is 38.6 Å². The Morgan fingerprint density at radius 3 is 3.04 bits per heavy atom. The SMILES string of the molecule is O=C(NCc1nnc2n1CCCCC2)c1cn(CC[C@@H]2CCCCN2)nn1. The number of amides is 1. The lowest BCUT2D eigenvalue weighted by Crippen LogP contribution is -2.34. The number of aromatic nitrogens is 6. The Kier molecular flexibility index (Phi) is 5.76. The van der Waals surface area contributed by atoms with E-state index in [-0.39, 0.29) is 5.91 Å². The van der Waals surface area contributed by atoms with Crippen LogP contribution in [-0.4, -0.2) is 48.3 Å². The highest BCUT2D eigenvalue weighted by atomic mass is 16.2. The fraction of sp³-hybridized carbons (Fsp3) is 0.722. The third kappa shape index (κ3) is 4.52. The highest BCUT2D eigenvalue weighted by Crippen LogP contribution is 2.14. The predicted octanol–water partition coefficient (Wildman–Crippen LogP) is 1.06. The van der Waals surface area contributed by atoms with Crippen LogP contribution >= 0.6 is 0 Å². The van der Waals surface area contributed by atoms with Gasteiger partial charge in [-0.15, -0.1) is 15.3 Å². The van der Waals surface area contributed by atoms with Gasteiger partial charge in [-0.2, -0.15) is 0 Å². The van der Waals surface area contributed by atoms with Crippen molar-refractivity contribution in [3.8, 4) is 0 Å². The van der Waals surface area contributed by atoms with Gasteiger partial charge in [-0.25, -0.2) is 0 Å². The van der Waals surface area contributed by atoms with Crippen molar-refractivity contribution in [3.63, 3.8) is 0 Å². The maximum absolute atomic E-state index is 12.4. The van der Waals surface area contributed by atoms with Crippen molar-refractivity contribution < 1.29 is 4.79 Å². The van der Waals surface area contributed by atoms with Crippen molar-refractivity contribution >= 4 is 5.91 Å². The standard InChI is InChI=1S/C18H28N8O/c27-18(20-12-17-23-22-16-7-2-1-5-10-26(16)17)15-13-25(24-21-15)11-8-14-6-3-4-9-19-14/h13-14,19H,1-12H2,(H,20,27)/t14-/m0/s1. The first-order valence-corrected chi connectivity index (χ1v) is 10.1. The molecule has 4 rings (SSSR count). The number of hydrogen-bond acceptors (Lipinski definition) is 6. The quantitative estimate of drug-likeness (QED) is 0.786. The van der Waals surface area contributed by atoms with E-state index in [1.165, 1.54) is 25.7 Å². The fourth-order valence-corrected chi connectivity index (χ4v) is 3.90. The molecule has 0 radical (unpaired) electrons. The zero-order valence-electron chi connectivity index (χ0n) is 15.7. The molecule has 2 aliphatic rings. The van der Waals surface area contributed by atoms with E-state index in [1.807, 2.05) is 0 Å². The molecule has 9 heteroatoms. The molecule has 27 heavy (non-hydrogen) atoms. The molecule has 0 saturated carbocycles. The van der Waals surface area contributed by atoms with Crippen LogP contribution < -0.4 is 10.6 Å². The van der Waals surface area contributed by atoms with Crippen molar-refractivity contribution in [2.24, 2.45) is 0 Å². The summed E-state index contributed by atoms with van der Waals surface area (Å²) in [6.07, 6.45) is 11.0. The Morgan fingerprint density at radius 1 is 1.19 bits per heavy atom. The number of carbonyl (C=O) groups excluding carboxylic acids is 1. The molecule has 4 heterocycles. The number of piperidine rings is 1. The maximum Gasteiger partial charge on any atom is 0.273 e. The van der Waals surface area contributed by atoms with E-state index < -0.39 is 0 Å². The van der Waals surface area contributed by atoms with Gasteiger partial charge >= 0.3 is 0 Å². The molecule has 0 aliphatic carbocycles. The van der Waals surface area contributed by atoms with Crippen LogP contribution in [0.15, 0.2) is 6.20 Å². The van der Waals surface area contributed by atoms with Crippen LogP contribution in [0.2, 0.25) is 0 Å². The number of carbonyl (C=O) groups is 1. The molecule has 2 aliphatic heterocycles. The van der Waals surface area contributed by atoms with Crippen LogP contribution in [0.1, 0.15) is 67.1 Å². The van der Waals surface area contributed by atoms with E-state index >= 15 is 0 Å². The highest BCUT2D eigenvalue weighted by Gasteiger charge is 2.17. The Hall–Kier alpha value is -2.29. The molecule has 2 aromatic heterocycles. The molecule has 0 spiro atoms. The molecule has 1 saturated heterocycles. The molecule has 1 amide bonds. The zero-order chi connectivity index (χ0) is 18.5. The molecule has 1 atom stereocenters. The summed E-state index contributed by atoms with van der Waals surface area (Å²) in [4.78, 5) is 12.4. The van der Waals surface area contributed by atoms with Gasteiger partial charge in [-0.3, -0.25) is 9.48 Å². The van der Waals surface area contributed by atoms with Crippen LogP contribution in [0.25, 0.3) is 0 Å². The maximum atomic E-state index is 12.4. The van der Waals surface area contributed by atoms with E-state index in [4.69, 9.17) is 0 Å². The predicted molar refractivity (Wildman–Crippen MR) is 99.0 cm³/mol. The first-order valence-electron chi connectivity index (χ1n) is 10.1. The van der Waals surface area contributed by atoms with Gasteiger partial charge < -0.3 is 15.2 Å². The zero-order valence-corrected chi connectivity index (χ0v) is 15.7. The normalized spacial score (nSPS) is 20.1.